The highest BCUT2D eigenvalue weighted by Gasteiger charge is 2.19. The first-order chi connectivity index (χ1) is 12.0. The summed E-state index contributed by atoms with van der Waals surface area (Å²) in [6.07, 6.45) is 0. The van der Waals surface area contributed by atoms with Gasteiger partial charge in [-0.25, -0.2) is 13.1 Å². The van der Waals surface area contributed by atoms with Gasteiger partial charge >= 0.3 is 0 Å². The van der Waals surface area contributed by atoms with Gasteiger partial charge in [0.25, 0.3) is 0 Å². The first-order valence-electron chi connectivity index (χ1n) is 7.38. The van der Waals surface area contributed by atoms with Gasteiger partial charge in [0.05, 0.1) is 38.9 Å². The first kappa shape index (κ1) is 18.9. The van der Waals surface area contributed by atoms with Gasteiger partial charge in [-0.3, -0.25) is 0 Å². The van der Waals surface area contributed by atoms with Crippen LogP contribution in [0, 0.1) is 0 Å². The van der Waals surface area contributed by atoms with Crippen LogP contribution in [-0.2, 0) is 16.6 Å². The molecule has 8 heteroatoms. The molecular weight excluding hydrogens is 346 g/mol. The lowest BCUT2D eigenvalue weighted by atomic mass is 10.2. The zero-order valence-electron chi connectivity index (χ0n) is 14.5. The average molecular weight is 367 g/mol. The summed E-state index contributed by atoms with van der Waals surface area (Å²) < 4.78 is 48.5. The van der Waals surface area contributed by atoms with Crippen molar-refractivity contribution in [2.45, 2.75) is 11.4 Å². The lowest BCUT2D eigenvalue weighted by Gasteiger charge is -2.14. The van der Waals surface area contributed by atoms with Crippen LogP contribution < -0.4 is 23.7 Å². The van der Waals surface area contributed by atoms with Crippen LogP contribution >= 0.6 is 0 Å². The highest BCUT2D eigenvalue weighted by atomic mass is 32.2. The fraction of sp³-hybridized carbons (Fsp3) is 0.294. The number of hydrogen-bond acceptors (Lipinski definition) is 6. The van der Waals surface area contributed by atoms with Crippen molar-refractivity contribution in [3.05, 3.63) is 42.0 Å². The molecule has 0 aliphatic carbocycles. The molecule has 25 heavy (non-hydrogen) atoms. The number of rotatable bonds is 8. The maximum atomic E-state index is 12.6. The molecule has 0 heterocycles. The van der Waals surface area contributed by atoms with Crippen molar-refractivity contribution in [2.75, 3.05) is 28.4 Å². The number of sulfonamides is 1. The highest BCUT2D eigenvalue weighted by molar-refractivity contribution is 7.89. The lowest BCUT2D eigenvalue weighted by Crippen LogP contribution is -2.24. The van der Waals surface area contributed by atoms with Gasteiger partial charge in [0, 0.05) is 12.6 Å². The Morgan fingerprint density at radius 2 is 1.36 bits per heavy atom. The fourth-order valence-corrected chi connectivity index (χ4v) is 3.35. The Balaban J connectivity index is 2.29. The molecule has 0 amide bonds. The predicted molar refractivity (Wildman–Crippen MR) is 93.1 cm³/mol. The molecule has 0 unspecified atom stereocenters. The Hall–Kier alpha value is -2.45. The Morgan fingerprint density at radius 1 is 0.800 bits per heavy atom. The van der Waals surface area contributed by atoms with E-state index in [0.29, 0.717) is 28.6 Å². The van der Waals surface area contributed by atoms with E-state index < -0.39 is 10.0 Å². The summed E-state index contributed by atoms with van der Waals surface area (Å²) in [4.78, 5) is 0.0685. The molecule has 0 radical (unpaired) electrons. The zero-order valence-corrected chi connectivity index (χ0v) is 15.3. The second kappa shape index (κ2) is 8.09. The van der Waals surface area contributed by atoms with E-state index in [4.69, 9.17) is 18.9 Å². The van der Waals surface area contributed by atoms with Crippen molar-refractivity contribution in [3.8, 4) is 23.0 Å². The first-order valence-corrected chi connectivity index (χ1v) is 8.86. The zero-order chi connectivity index (χ0) is 18.4. The van der Waals surface area contributed by atoms with E-state index in [1.807, 2.05) is 0 Å². The number of methoxy groups -OCH3 is 4. The fourth-order valence-electron chi connectivity index (χ4n) is 2.34. The third kappa shape index (κ3) is 4.15. The minimum absolute atomic E-state index is 0.0177. The van der Waals surface area contributed by atoms with Crippen LogP contribution in [0.4, 0.5) is 0 Å². The Labute approximate surface area is 147 Å². The molecule has 0 aromatic heterocycles. The molecule has 0 aliphatic heterocycles. The van der Waals surface area contributed by atoms with Crippen molar-refractivity contribution in [2.24, 2.45) is 0 Å². The van der Waals surface area contributed by atoms with E-state index in [2.05, 4.69) is 4.72 Å². The van der Waals surface area contributed by atoms with E-state index in [-0.39, 0.29) is 11.4 Å². The lowest BCUT2D eigenvalue weighted by molar-refractivity contribution is 0.354. The van der Waals surface area contributed by atoms with Crippen LogP contribution in [0.3, 0.4) is 0 Å². The summed E-state index contributed by atoms with van der Waals surface area (Å²) in [5, 5.41) is 0. The minimum Gasteiger partial charge on any atom is -0.496 e. The smallest absolute Gasteiger partial charge is 0.241 e. The second-order valence-electron chi connectivity index (χ2n) is 4.98. The molecule has 0 aliphatic rings. The quantitative estimate of drug-likeness (QED) is 0.770. The Kier molecular flexibility index (Phi) is 6.11. The molecule has 2 aromatic rings. The summed E-state index contributed by atoms with van der Waals surface area (Å²) in [6.45, 7) is 0.0177. The predicted octanol–water partition coefficient (Wildman–Crippen LogP) is 2.20. The monoisotopic (exact) mass is 367 g/mol. The minimum atomic E-state index is -3.76. The normalized spacial score (nSPS) is 11.0. The summed E-state index contributed by atoms with van der Waals surface area (Å²) >= 11 is 0. The molecule has 2 aromatic carbocycles. The highest BCUT2D eigenvalue weighted by Crippen LogP contribution is 2.31. The Bertz CT molecular complexity index is 813. The number of hydrogen-bond donors (Lipinski definition) is 1. The maximum Gasteiger partial charge on any atom is 0.241 e. The van der Waals surface area contributed by atoms with Gasteiger partial charge in [-0.2, -0.15) is 0 Å². The van der Waals surface area contributed by atoms with Crippen molar-refractivity contribution in [1.29, 1.82) is 0 Å². The molecule has 0 saturated heterocycles. The van der Waals surface area contributed by atoms with Crippen LogP contribution in [0.5, 0.6) is 23.0 Å². The second-order valence-corrected chi connectivity index (χ2v) is 6.75. The van der Waals surface area contributed by atoms with Crippen LogP contribution in [0.25, 0.3) is 0 Å². The van der Waals surface area contributed by atoms with Crippen molar-refractivity contribution in [3.63, 3.8) is 0 Å². The van der Waals surface area contributed by atoms with E-state index in [0.717, 1.165) is 0 Å². The Morgan fingerprint density at radius 3 is 1.88 bits per heavy atom. The molecule has 0 saturated carbocycles. The number of benzene rings is 2. The topological polar surface area (TPSA) is 83.1 Å². The van der Waals surface area contributed by atoms with Crippen LogP contribution in [0.2, 0.25) is 0 Å². The molecule has 0 spiro atoms. The van der Waals surface area contributed by atoms with Crippen LogP contribution in [-0.4, -0.2) is 36.9 Å². The third-order valence-corrected chi connectivity index (χ3v) is 5.03. The van der Waals surface area contributed by atoms with Crippen LogP contribution in [0.1, 0.15) is 5.56 Å². The summed E-state index contributed by atoms with van der Waals surface area (Å²) in [5.41, 5.74) is 0.608. The maximum absolute atomic E-state index is 12.6. The van der Waals surface area contributed by atoms with Gasteiger partial charge < -0.3 is 18.9 Å². The molecule has 0 bridgehead atoms. The van der Waals surface area contributed by atoms with Crippen molar-refractivity contribution >= 4 is 10.0 Å². The number of nitrogens with one attached hydrogen (secondary N) is 1. The molecule has 136 valence electrons. The van der Waals surface area contributed by atoms with Gasteiger partial charge in [-0.1, -0.05) is 6.07 Å². The summed E-state index contributed by atoms with van der Waals surface area (Å²) in [5.74, 6) is 1.86. The molecule has 2 rings (SSSR count). The average Bonchev–Trinajstić information content (AvgIpc) is 2.65. The standard InChI is InChI=1S/C17H21NO6S/c1-21-14-6-5-7-15(22-2)13(14)11-18-25(19,20)12-8-9-16(23-3)17(10-12)24-4/h5-10,18H,11H2,1-4H3. The summed E-state index contributed by atoms with van der Waals surface area (Å²) in [6, 6.07) is 9.63. The van der Waals surface area contributed by atoms with E-state index in [9.17, 15) is 8.42 Å². The van der Waals surface area contributed by atoms with Gasteiger partial charge in [-0.05, 0) is 24.3 Å². The van der Waals surface area contributed by atoms with Gasteiger partial charge in [0.15, 0.2) is 11.5 Å². The van der Waals surface area contributed by atoms with Crippen molar-refractivity contribution < 1.29 is 27.4 Å². The van der Waals surface area contributed by atoms with E-state index in [1.165, 1.54) is 46.6 Å². The molecule has 0 atom stereocenters. The number of ether oxygens (including phenoxy) is 4. The largest absolute Gasteiger partial charge is 0.496 e. The molecule has 1 N–H and O–H groups in total. The molecular formula is C17H21NO6S. The van der Waals surface area contributed by atoms with E-state index >= 15 is 0 Å². The van der Waals surface area contributed by atoms with Crippen molar-refractivity contribution in [1.82, 2.24) is 4.72 Å². The molecule has 0 fully saturated rings. The molecule has 7 nitrogen and oxygen atoms in total. The van der Waals surface area contributed by atoms with Gasteiger partial charge in [0.1, 0.15) is 11.5 Å². The van der Waals surface area contributed by atoms with Gasteiger partial charge in [0.2, 0.25) is 10.0 Å². The van der Waals surface area contributed by atoms with Crippen LogP contribution in [0.15, 0.2) is 41.3 Å². The summed E-state index contributed by atoms with van der Waals surface area (Å²) in [7, 11) is 2.20. The van der Waals surface area contributed by atoms with Gasteiger partial charge in [-0.15, -0.1) is 0 Å². The van der Waals surface area contributed by atoms with E-state index in [1.54, 1.807) is 18.2 Å². The SMILES string of the molecule is COc1ccc(S(=O)(=O)NCc2c(OC)cccc2OC)cc1OC. The third-order valence-electron chi connectivity index (χ3n) is 3.63.